The van der Waals surface area contributed by atoms with Crippen LogP contribution in [0.3, 0.4) is 0 Å². The third-order valence-electron chi connectivity index (χ3n) is 4.86. The molecule has 2 rings (SSSR count). The molecule has 35 heavy (non-hydrogen) atoms. The average molecular weight is 506 g/mol. The average Bonchev–Trinajstić information content (AvgIpc) is 2.86. The molecule has 0 saturated heterocycles. The summed E-state index contributed by atoms with van der Waals surface area (Å²) in [5, 5.41) is 11.8. The summed E-state index contributed by atoms with van der Waals surface area (Å²) in [5.74, 6) is -0.194. The first kappa shape index (κ1) is 28.2. The van der Waals surface area contributed by atoms with Crippen LogP contribution in [0.15, 0.2) is 48.5 Å². The molecule has 190 valence electrons. The van der Waals surface area contributed by atoms with Gasteiger partial charge in [-0.3, -0.25) is 14.9 Å². The number of benzene rings is 2. The lowest BCUT2D eigenvalue weighted by molar-refractivity contribution is -0.142. The smallest absolute Gasteiger partial charge is 0.412 e. The Bertz CT molecular complexity index is 966. The summed E-state index contributed by atoms with van der Waals surface area (Å²) in [6.45, 7) is 3.48. The monoisotopic (exact) mass is 505 g/mol. The summed E-state index contributed by atoms with van der Waals surface area (Å²) in [5.41, 5.74) is 1.49. The largest absolute Gasteiger partial charge is 0.491 e. The van der Waals surface area contributed by atoms with Gasteiger partial charge in [0.15, 0.2) is 11.9 Å². The number of hydrogen-bond acceptors (Lipinski definition) is 9. The van der Waals surface area contributed by atoms with E-state index in [1.807, 2.05) is 0 Å². The zero-order valence-electron chi connectivity index (χ0n) is 19.8. The zero-order valence-corrected chi connectivity index (χ0v) is 20.7. The molecule has 0 aliphatic carbocycles. The number of Topliss-reactive ketones (excluding diaryl/α,β-unsaturated/α-hetero) is 1. The van der Waals surface area contributed by atoms with E-state index in [0.717, 1.165) is 0 Å². The number of para-hydroxylation sites is 1. The first-order chi connectivity index (χ1) is 16.9. The summed E-state index contributed by atoms with van der Waals surface area (Å²) in [6, 6.07) is 13.4. The summed E-state index contributed by atoms with van der Waals surface area (Å²) < 4.78 is 22.4. The predicted molar refractivity (Wildman–Crippen MR) is 133 cm³/mol. The van der Waals surface area contributed by atoms with E-state index in [2.05, 4.69) is 17.9 Å². The van der Waals surface area contributed by atoms with E-state index in [4.69, 9.17) is 18.9 Å². The van der Waals surface area contributed by atoms with Crippen LogP contribution in [-0.4, -0.2) is 61.2 Å². The van der Waals surface area contributed by atoms with Crippen LogP contribution in [0.25, 0.3) is 0 Å². The summed E-state index contributed by atoms with van der Waals surface area (Å²) >= 11 is 3.90. The molecule has 0 spiro atoms. The van der Waals surface area contributed by atoms with Crippen molar-refractivity contribution >= 4 is 36.2 Å². The molecule has 10 heteroatoms. The summed E-state index contributed by atoms with van der Waals surface area (Å²) in [6.07, 6.45) is -2.10. The number of rotatable bonds is 14. The molecule has 2 N–H and O–H groups in total. The molecule has 0 fully saturated rings. The molecule has 0 heterocycles. The van der Waals surface area contributed by atoms with Crippen LogP contribution in [0.5, 0.6) is 5.75 Å². The number of amides is 1. The van der Waals surface area contributed by atoms with Gasteiger partial charge >= 0.3 is 12.1 Å². The highest BCUT2D eigenvalue weighted by molar-refractivity contribution is 7.81. The number of nitrogens with one attached hydrogen (secondary N) is 1. The molecule has 0 saturated carbocycles. The molecular weight excluding hydrogens is 474 g/mol. The van der Waals surface area contributed by atoms with E-state index in [9.17, 15) is 19.5 Å². The number of carbonyl (C=O) groups excluding carboxylic acids is 3. The quantitative estimate of drug-likeness (QED) is 0.201. The zero-order chi connectivity index (χ0) is 25.6. The maximum Gasteiger partial charge on any atom is 0.412 e. The lowest BCUT2D eigenvalue weighted by atomic mass is 10.0. The van der Waals surface area contributed by atoms with Crippen molar-refractivity contribution in [3.05, 3.63) is 59.7 Å². The molecule has 0 unspecified atom stereocenters. The normalized spacial score (nSPS) is 12.3. The highest BCUT2D eigenvalue weighted by Gasteiger charge is 2.30. The van der Waals surface area contributed by atoms with Crippen LogP contribution in [0.1, 0.15) is 42.3 Å². The van der Waals surface area contributed by atoms with Crippen LogP contribution in [0.2, 0.25) is 0 Å². The van der Waals surface area contributed by atoms with Crippen molar-refractivity contribution in [3.63, 3.8) is 0 Å². The molecule has 0 aromatic heterocycles. The molecule has 0 radical (unpaired) electrons. The number of ketones is 1. The minimum absolute atomic E-state index is 0.0394. The Morgan fingerprint density at radius 1 is 1.06 bits per heavy atom. The van der Waals surface area contributed by atoms with Gasteiger partial charge in [-0.2, -0.15) is 12.6 Å². The predicted octanol–water partition coefficient (Wildman–Crippen LogP) is 3.82. The van der Waals surface area contributed by atoms with E-state index in [1.54, 1.807) is 55.5 Å². The van der Waals surface area contributed by atoms with Gasteiger partial charge in [0.25, 0.3) is 0 Å². The number of hydrogen-bond donors (Lipinski definition) is 3. The molecule has 2 aromatic rings. The van der Waals surface area contributed by atoms with Gasteiger partial charge in [0.1, 0.15) is 18.5 Å². The molecular formula is C25H31NO8S. The highest BCUT2D eigenvalue weighted by atomic mass is 32.1. The topological polar surface area (TPSA) is 120 Å². The summed E-state index contributed by atoms with van der Waals surface area (Å²) in [4.78, 5) is 35.8. The van der Waals surface area contributed by atoms with Crippen molar-refractivity contribution in [3.8, 4) is 5.75 Å². The molecule has 0 aliphatic rings. The standard InChI is InChI=1S/C25H31NO8S/c1-3-31-22(12-14-33-23(29)16-35)24(20-6-4-5-7-21(20)32-15-13-27)34-25(30)26-19-10-8-18(9-11-19)17(2)28/h4-11,22,24,27,35H,3,12-16H2,1-2H3,(H,26,30)/t22-,24-/m1/s1. The van der Waals surface area contributed by atoms with Gasteiger partial charge in [-0.25, -0.2) is 4.79 Å². The number of aliphatic hydroxyl groups excluding tert-OH is 1. The molecule has 0 aliphatic heterocycles. The van der Waals surface area contributed by atoms with Gasteiger partial charge in [0.2, 0.25) is 0 Å². The fourth-order valence-electron chi connectivity index (χ4n) is 3.26. The second kappa shape index (κ2) is 15.0. The van der Waals surface area contributed by atoms with Crippen LogP contribution in [0.4, 0.5) is 10.5 Å². The Balaban J connectivity index is 2.28. The number of carbonyl (C=O) groups is 3. The Labute approximate surface area is 210 Å². The van der Waals surface area contributed by atoms with Crippen molar-refractivity contribution in [2.24, 2.45) is 0 Å². The van der Waals surface area contributed by atoms with Gasteiger partial charge in [-0.15, -0.1) is 0 Å². The van der Waals surface area contributed by atoms with E-state index in [1.165, 1.54) is 6.92 Å². The number of aliphatic hydroxyl groups is 1. The van der Waals surface area contributed by atoms with Gasteiger partial charge in [0, 0.05) is 29.8 Å². The van der Waals surface area contributed by atoms with E-state index in [0.29, 0.717) is 29.2 Å². The van der Waals surface area contributed by atoms with E-state index < -0.39 is 24.3 Å². The van der Waals surface area contributed by atoms with Crippen molar-refractivity contribution in [1.29, 1.82) is 0 Å². The second-order valence-corrected chi connectivity index (χ2v) is 7.67. The Kier molecular flexibility index (Phi) is 12.1. The van der Waals surface area contributed by atoms with Gasteiger partial charge in [0.05, 0.1) is 19.0 Å². The van der Waals surface area contributed by atoms with Crippen LogP contribution >= 0.6 is 12.6 Å². The SMILES string of the molecule is CCO[C@H](CCOC(=O)CS)[C@H](OC(=O)Nc1ccc(C(C)=O)cc1)c1ccccc1OCCO. The molecule has 0 bridgehead atoms. The van der Waals surface area contributed by atoms with Gasteiger partial charge in [-0.1, -0.05) is 18.2 Å². The molecule has 2 aromatic carbocycles. The number of ether oxygens (including phenoxy) is 4. The van der Waals surface area contributed by atoms with E-state index >= 15 is 0 Å². The van der Waals surface area contributed by atoms with Crippen molar-refractivity contribution in [1.82, 2.24) is 0 Å². The number of thiol groups is 1. The minimum Gasteiger partial charge on any atom is -0.491 e. The van der Waals surface area contributed by atoms with Crippen molar-refractivity contribution in [2.75, 3.05) is 37.5 Å². The summed E-state index contributed by atoms with van der Waals surface area (Å²) in [7, 11) is 0. The highest BCUT2D eigenvalue weighted by Crippen LogP contribution is 2.33. The van der Waals surface area contributed by atoms with Crippen LogP contribution in [0, 0.1) is 0 Å². The maximum atomic E-state index is 12.8. The lowest BCUT2D eigenvalue weighted by Crippen LogP contribution is -2.30. The van der Waals surface area contributed by atoms with E-state index in [-0.39, 0.29) is 37.8 Å². The molecule has 2 atom stereocenters. The first-order valence-corrected chi connectivity index (χ1v) is 11.8. The fourth-order valence-corrected chi connectivity index (χ4v) is 3.36. The Morgan fingerprint density at radius 3 is 2.40 bits per heavy atom. The van der Waals surface area contributed by atoms with Gasteiger partial charge < -0.3 is 24.1 Å². The number of anilines is 1. The Hall–Kier alpha value is -3.08. The fraction of sp³-hybridized carbons (Fsp3) is 0.400. The van der Waals surface area contributed by atoms with Crippen molar-refractivity contribution in [2.45, 2.75) is 32.5 Å². The lowest BCUT2D eigenvalue weighted by Gasteiger charge is -2.28. The minimum atomic E-state index is -0.920. The first-order valence-electron chi connectivity index (χ1n) is 11.2. The van der Waals surface area contributed by atoms with Crippen LogP contribution in [-0.2, 0) is 19.0 Å². The van der Waals surface area contributed by atoms with Gasteiger partial charge in [-0.05, 0) is 44.2 Å². The second-order valence-electron chi connectivity index (χ2n) is 7.36. The maximum absolute atomic E-state index is 12.8. The number of esters is 1. The third kappa shape index (κ3) is 9.23. The third-order valence-corrected chi connectivity index (χ3v) is 5.12. The van der Waals surface area contributed by atoms with Crippen molar-refractivity contribution < 1.29 is 38.4 Å². The molecule has 9 nitrogen and oxygen atoms in total. The molecule has 1 amide bonds. The van der Waals surface area contributed by atoms with Crippen LogP contribution < -0.4 is 10.1 Å². The Morgan fingerprint density at radius 2 is 1.77 bits per heavy atom.